The van der Waals surface area contributed by atoms with Gasteiger partial charge < -0.3 is 9.47 Å². The number of non-ortho nitro benzene ring substituents is 1. The number of hydrogen-bond acceptors (Lipinski definition) is 6. The van der Waals surface area contributed by atoms with Crippen LogP contribution in [0.3, 0.4) is 0 Å². The second kappa shape index (κ2) is 7.51. The van der Waals surface area contributed by atoms with Crippen molar-refractivity contribution in [1.29, 1.82) is 0 Å². The molecule has 1 aliphatic rings. The van der Waals surface area contributed by atoms with Gasteiger partial charge in [-0.25, -0.2) is 0 Å². The molecular formula is C20H17N3O5. The van der Waals surface area contributed by atoms with E-state index < -0.39 is 4.92 Å². The Morgan fingerprint density at radius 1 is 1.07 bits per heavy atom. The highest BCUT2D eigenvalue weighted by atomic mass is 16.6. The molecule has 2 aromatic carbocycles. The van der Waals surface area contributed by atoms with Gasteiger partial charge in [0.25, 0.3) is 5.69 Å². The molecule has 1 aromatic heterocycles. The van der Waals surface area contributed by atoms with Gasteiger partial charge in [-0.2, -0.15) is 5.10 Å². The molecule has 0 saturated carbocycles. The highest BCUT2D eigenvalue weighted by Gasteiger charge is 2.15. The molecule has 0 atom stereocenters. The zero-order valence-electron chi connectivity index (χ0n) is 14.9. The second-order valence-corrected chi connectivity index (χ2v) is 6.37. The molecule has 0 spiro atoms. The van der Waals surface area contributed by atoms with E-state index in [1.165, 1.54) is 12.1 Å². The summed E-state index contributed by atoms with van der Waals surface area (Å²) in [6, 6.07) is 11.4. The largest absolute Gasteiger partial charge is 0.490 e. The van der Waals surface area contributed by atoms with E-state index in [1.54, 1.807) is 47.4 Å². The first-order chi connectivity index (χ1) is 13.6. The number of rotatable bonds is 5. The van der Waals surface area contributed by atoms with E-state index in [2.05, 4.69) is 5.10 Å². The molecule has 0 saturated heterocycles. The van der Waals surface area contributed by atoms with Gasteiger partial charge in [-0.1, -0.05) is 0 Å². The number of fused-ring (bicyclic) bond motifs is 1. The highest BCUT2D eigenvalue weighted by Crippen LogP contribution is 2.30. The van der Waals surface area contributed by atoms with Crippen molar-refractivity contribution in [2.75, 3.05) is 13.2 Å². The molecule has 0 bridgehead atoms. The molecule has 28 heavy (non-hydrogen) atoms. The lowest BCUT2D eigenvalue weighted by Gasteiger charge is -2.09. The minimum Gasteiger partial charge on any atom is -0.490 e. The molecule has 0 N–H and O–H groups in total. The number of carbonyl (C=O) groups is 1. The molecule has 8 nitrogen and oxygen atoms in total. The Labute approximate surface area is 160 Å². The average Bonchev–Trinajstić information content (AvgIpc) is 3.03. The maximum absolute atomic E-state index is 12.6. The van der Waals surface area contributed by atoms with E-state index in [9.17, 15) is 14.9 Å². The number of hydrogen-bond donors (Lipinski definition) is 0. The number of nitrogens with zero attached hydrogens (tertiary/aromatic N) is 3. The SMILES string of the molecule is O=C(Cn1cc(-c2ccc([N+](=O)[O-])cc2)cn1)c1ccc2c(c1)OCCCO2. The van der Waals surface area contributed by atoms with Gasteiger partial charge in [0.15, 0.2) is 17.3 Å². The van der Waals surface area contributed by atoms with Crippen LogP contribution in [-0.4, -0.2) is 33.7 Å². The molecule has 0 fully saturated rings. The van der Waals surface area contributed by atoms with Crippen LogP contribution in [0.25, 0.3) is 11.1 Å². The molecule has 142 valence electrons. The van der Waals surface area contributed by atoms with Crippen LogP contribution in [0.15, 0.2) is 54.9 Å². The third kappa shape index (κ3) is 3.71. The van der Waals surface area contributed by atoms with E-state index in [1.807, 2.05) is 0 Å². The van der Waals surface area contributed by atoms with Gasteiger partial charge in [0, 0.05) is 35.9 Å². The van der Waals surface area contributed by atoms with Gasteiger partial charge in [-0.15, -0.1) is 0 Å². The Kier molecular flexibility index (Phi) is 4.76. The summed E-state index contributed by atoms with van der Waals surface area (Å²) in [4.78, 5) is 22.9. The lowest BCUT2D eigenvalue weighted by molar-refractivity contribution is -0.384. The van der Waals surface area contributed by atoms with Crippen molar-refractivity contribution in [3.63, 3.8) is 0 Å². The fraction of sp³-hybridized carbons (Fsp3) is 0.200. The fourth-order valence-corrected chi connectivity index (χ4v) is 2.95. The first-order valence-electron chi connectivity index (χ1n) is 8.80. The first kappa shape index (κ1) is 17.7. The van der Waals surface area contributed by atoms with Crippen LogP contribution < -0.4 is 9.47 Å². The summed E-state index contributed by atoms with van der Waals surface area (Å²) >= 11 is 0. The number of ether oxygens (including phenoxy) is 2. The van der Waals surface area contributed by atoms with E-state index in [0.717, 1.165) is 17.5 Å². The minimum absolute atomic E-state index is 0.0285. The number of nitro benzene ring substituents is 1. The highest BCUT2D eigenvalue weighted by molar-refractivity contribution is 5.96. The van der Waals surface area contributed by atoms with E-state index in [4.69, 9.17) is 9.47 Å². The van der Waals surface area contributed by atoms with Crippen LogP contribution in [0.5, 0.6) is 11.5 Å². The van der Waals surface area contributed by atoms with Crippen molar-refractivity contribution in [3.8, 4) is 22.6 Å². The third-order valence-corrected chi connectivity index (χ3v) is 4.42. The molecule has 0 aliphatic carbocycles. The molecule has 8 heteroatoms. The lowest BCUT2D eigenvalue weighted by Crippen LogP contribution is -2.11. The number of nitro groups is 1. The molecule has 4 rings (SSSR count). The predicted molar refractivity (Wildman–Crippen MR) is 101 cm³/mol. The number of carbonyl (C=O) groups excluding carboxylic acids is 1. The number of aromatic nitrogens is 2. The Balaban J connectivity index is 1.48. The summed E-state index contributed by atoms with van der Waals surface area (Å²) in [6.07, 6.45) is 4.17. The van der Waals surface area contributed by atoms with Crippen LogP contribution in [0, 0.1) is 10.1 Å². The van der Waals surface area contributed by atoms with Crippen molar-refractivity contribution in [2.24, 2.45) is 0 Å². The van der Waals surface area contributed by atoms with Gasteiger partial charge >= 0.3 is 0 Å². The predicted octanol–water partition coefficient (Wildman–Crippen LogP) is 3.50. The van der Waals surface area contributed by atoms with Gasteiger partial charge in [0.2, 0.25) is 0 Å². The number of Topliss-reactive ketones (excluding diaryl/α,β-unsaturated/α-hetero) is 1. The second-order valence-electron chi connectivity index (χ2n) is 6.37. The quantitative estimate of drug-likeness (QED) is 0.382. The van der Waals surface area contributed by atoms with Crippen molar-refractivity contribution >= 4 is 11.5 Å². The molecular weight excluding hydrogens is 362 g/mol. The van der Waals surface area contributed by atoms with E-state index >= 15 is 0 Å². The van der Waals surface area contributed by atoms with Crippen LogP contribution in [0.2, 0.25) is 0 Å². The average molecular weight is 379 g/mol. The molecule has 0 radical (unpaired) electrons. The molecule has 0 unspecified atom stereocenters. The normalized spacial score (nSPS) is 13.0. The molecule has 2 heterocycles. The Morgan fingerprint density at radius 3 is 2.57 bits per heavy atom. The summed E-state index contributed by atoms with van der Waals surface area (Å²) < 4.78 is 12.8. The van der Waals surface area contributed by atoms with Crippen LogP contribution in [0.1, 0.15) is 16.8 Å². The fourth-order valence-electron chi connectivity index (χ4n) is 2.95. The van der Waals surface area contributed by atoms with Crippen molar-refractivity contribution in [3.05, 3.63) is 70.5 Å². The maximum Gasteiger partial charge on any atom is 0.269 e. The molecule has 0 amide bonds. The van der Waals surface area contributed by atoms with E-state index in [0.29, 0.717) is 30.3 Å². The van der Waals surface area contributed by atoms with Gasteiger partial charge in [-0.05, 0) is 35.9 Å². The lowest BCUT2D eigenvalue weighted by atomic mass is 10.1. The zero-order chi connectivity index (χ0) is 19.5. The summed E-state index contributed by atoms with van der Waals surface area (Å²) in [7, 11) is 0. The van der Waals surface area contributed by atoms with Crippen LogP contribution >= 0.6 is 0 Å². The van der Waals surface area contributed by atoms with Crippen LogP contribution in [0.4, 0.5) is 5.69 Å². The molecule has 3 aromatic rings. The summed E-state index contributed by atoms with van der Waals surface area (Å²) in [5.74, 6) is 1.12. The topological polar surface area (TPSA) is 96.5 Å². The third-order valence-electron chi connectivity index (χ3n) is 4.42. The summed E-state index contributed by atoms with van der Waals surface area (Å²) in [5.41, 5.74) is 2.12. The summed E-state index contributed by atoms with van der Waals surface area (Å²) in [5, 5.41) is 15.0. The van der Waals surface area contributed by atoms with Crippen molar-refractivity contribution < 1.29 is 19.2 Å². The van der Waals surface area contributed by atoms with Gasteiger partial charge in [-0.3, -0.25) is 19.6 Å². The van der Waals surface area contributed by atoms with Gasteiger partial charge in [0.05, 0.1) is 24.3 Å². The maximum atomic E-state index is 12.6. The minimum atomic E-state index is -0.443. The smallest absolute Gasteiger partial charge is 0.269 e. The Bertz CT molecular complexity index is 1030. The van der Waals surface area contributed by atoms with Crippen molar-refractivity contribution in [2.45, 2.75) is 13.0 Å². The van der Waals surface area contributed by atoms with Crippen LogP contribution in [-0.2, 0) is 6.54 Å². The Hall–Kier alpha value is -3.68. The van der Waals surface area contributed by atoms with Gasteiger partial charge in [0.1, 0.15) is 6.54 Å². The monoisotopic (exact) mass is 379 g/mol. The number of benzene rings is 2. The zero-order valence-corrected chi connectivity index (χ0v) is 14.9. The summed E-state index contributed by atoms with van der Waals surface area (Å²) in [6.45, 7) is 1.23. The Morgan fingerprint density at radius 2 is 1.82 bits per heavy atom. The van der Waals surface area contributed by atoms with Crippen molar-refractivity contribution in [1.82, 2.24) is 9.78 Å². The van der Waals surface area contributed by atoms with E-state index in [-0.39, 0.29) is 18.0 Å². The number of ketones is 1. The molecule has 1 aliphatic heterocycles. The first-order valence-corrected chi connectivity index (χ1v) is 8.80. The standard InChI is InChI=1S/C20H17N3O5/c24-18(15-4-7-19-20(10-15)28-9-1-8-27-19)13-22-12-16(11-21-22)14-2-5-17(6-3-14)23(25)26/h2-7,10-12H,1,8-9,13H2.